The maximum absolute atomic E-state index is 9.73. The van der Waals surface area contributed by atoms with Crippen molar-refractivity contribution >= 4 is 16.6 Å². The van der Waals surface area contributed by atoms with Crippen LogP contribution in [0.15, 0.2) is 53.4 Å². The first-order chi connectivity index (χ1) is 8.68. The zero-order valence-corrected chi connectivity index (χ0v) is 11.5. The van der Waals surface area contributed by atoms with Crippen molar-refractivity contribution in [3.05, 3.63) is 54.1 Å². The molecule has 2 aromatic rings. The number of phenolic OH excluding ortho intramolecular Hbond substituents is 1. The van der Waals surface area contributed by atoms with Crippen molar-refractivity contribution in [3.63, 3.8) is 0 Å². The molecule has 2 N–H and O–H groups in total. The second-order valence-electron chi connectivity index (χ2n) is 4.29. The third kappa shape index (κ3) is 2.99. The van der Waals surface area contributed by atoms with Crippen LogP contribution in [-0.4, -0.2) is 17.6 Å². The molecular formula is C15H18NOS+. The monoisotopic (exact) mass is 260 g/mol. The zero-order chi connectivity index (χ0) is 13.0. The Hall–Kier alpha value is -1.61. The van der Waals surface area contributed by atoms with Gasteiger partial charge in [0.25, 0.3) is 0 Å². The molecule has 94 valence electrons. The molecule has 2 nitrogen and oxygen atoms in total. The van der Waals surface area contributed by atoms with Crippen molar-refractivity contribution in [2.45, 2.75) is 11.4 Å². The highest BCUT2D eigenvalue weighted by Crippen LogP contribution is 2.23. The summed E-state index contributed by atoms with van der Waals surface area (Å²) in [6.45, 7) is 0.640. The summed E-state index contributed by atoms with van der Waals surface area (Å²) in [5.41, 5.74) is 2.06. The summed E-state index contributed by atoms with van der Waals surface area (Å²) in [6, 6.07) is 15.8. The van der Waals surface area contributed by atoms with E-state index in [0.717, 1.165) is 11.3 Å². The Labute approximate surface area is 111 Å². The highest BCUT2D eigenvalue weighted by Gasteiger charge is 2.13. The molecule has 0 unspecified atom stereocenters. The van der Waals surface area contributed by atoms with Gasteiger partial charge in [0.1, 0.15) is 18.3 Å². The zero-order valence-electron chi connectivity index (χ0n) is 10.7. The molecule has 0 atom stereocenters. The van der Waals surface area contributed by atoms with Gasteiger partial charge in [-0.3, -0.25) is 0 Å². The maximum Gasteiger partial charge on any atom is 0.177 e. The van der Waals surface area contributed by atoms with E-state index in [1.807, 2.05) is 24.3 Å². The van der Waals surface area contributed by atoms with Crippen LogP contribution in [0.25, 0.3) is 0 Å². The van der Waals surface area contributed by atoms with Crippen LogP contribution >= 0.6 is 0 Å². The molecule has 0 aliphatic carbocycles. The number of hydrogen-bond acceptors (Lipinski definition) is 2. The summed E-state index contributed by atoms with van der Waals surface area (Å²) in [5.74, 6) is 0.342. The van der Waals surface area contributed by atoms with Gasteiger partial charge in [0.15, 0.2) is 4.90 Å². The van der Waals surface area contributed by atoms with Crippen LogP contribution < -0.4 is 5.32 Å². The summed E-state index contributed by atoms with van der Waals surface area (Å²) in [7, 11) is 0.221. The SMILES string of the molecule is C[S+](C)c1ccccc1NCc1ccccc1O. The molecule has 0 radical (unpaired) electrons. The highest BCUT2D eigenvalue weighted by molar-refractivity contribution is 7.95. The summed E-state index contributed by atoms with van der Waals surface area (Å²) >= 11 is 0. The number of para-hydroxylation sites is 2. The molecule has 0 saturated heterocycles. The molecule has 0 aliphatic heterocycles. The molecule has 2 aromatic carbocycles. The van der Waals surface area contributed by atoms with Gasteiger partial charge in [-0.05, 0) is 18.2 Å². The number of rotatable bonds is 4. The first-order valence-electron chi connectivity index (χ1n) is 5.86. The molecule has 0 fully saturated rings. The van der Waals surface area contributed by atoms with Gasteiger partial charge in [-0.1, -0.05) is 30.3 Å². The van der Waals surface area contributed by atoms with Crippen molar-refractivity contribution in [2.24, 2.45) is 0 Å². The first kappa shape index (κ1) is 12.8. The predicted molar refractivity (Wildman–Crippen MR) is 79.4 cm³/mol. The van der Waals surface area contributed by atoms with Gasteiger partial charge in [0.05, 0.1) is 5.69 Å². The molecule has 0 amide bonds. The lowest BCUT2D eigenvalue weighted by molar-refractivity contribution is 0.469. The van der Waals surface area contributed by atoms with E-state index in [0.29, 0.717) is 12.3 Å². The Balaban J connectivity index is 2.14. The Morgan fingerprint density at radius 2 is 1.67 bits per heavy atom. The van der Waals surface area contributed by atoms with Crippen LogP contribution in [-0.2, 0) is 17.4 Å². The van der Waals surface area contributed by atoms with Gasteiger partial charge in [-0.25, -0.2) is 0 Å². The van der Waals surface area contributed by atoms with Crippen molar-refractivity contribution in [3.8, 4) is 5.75 Å². The highest BCUT2D eigenvalue weighted by atomic mass is 32.2. The van der Waals surface area contributed by atoms with Gasteiger partial charge >= 0.3 is 0 Å². The fourth-order valence-electron chi connectivity index (χ4n) is 1.82. The largest absolute Gasteiger partial charge is 0.508 e. The van der Waals surface area contributed by atoms with E-state index in [4.69, 9.17) is 0 Å². The summed E-state index contributed by atoms with van der Waals surface area (Å²) in [5, 5.41) is 13.1. The lowest BCUT2D eigenvalue weighted by atomic mass is 10.2. The van der Waals surface area contributed by atoms with Crippen LogP contribution in [0, 0.1) is 0 Å². The lowest BCUT2D eigenvalue weighted by Crippen LogP contribution is -2.05. The van der Waals surface area contributed by atoms with Crippen LogP contribution in [0.4, 0.5) is 5.69 Å². The minimum atomic E-state index is 0.221. The lowest BCUT2D eigenvalue weighted by Gasteiger charge is -2.10. The average molecular weight is 260 g/mol. The number of anilines is 1. The molecule has 0 saturated carbocycles. The molecule has 18 heavy (non-hydrogen) atoms. The summed E-state index contributed by atoms with van der Waals surface area (Å²) in [4.78, 5) is 1.33. The number of phenols is 1. The Morgan fingerprint density at radius 1 is 1.00 bits per heavy atom. The first-order valence-corrected chi connectivity index (χ1v) is 7.90. The topological polar surface area (TPSA) is 32.3 Å². The molecule has 0 heterocycles. The van der Waals surface area contributed by atoms with Gasteiger partial charge in [-0.15, -0.1) is 0 Å². The third-order valence-corrected chi connectivity index (χ3v) is 4.02. The van der Waals surface area contributed by atoms with Gasteiger partial charge < -0.3 is 10.4 Å². The van der Waals surface area contributed by atoms with E-state index in [9.17, 15) is 5.11 Å². The summed E-state index contributed by atoms with van der Waals surface area (Å²) < 4.78 is 0. The van der Waals surface area contributed by atoms with Crippen molar-refractivity contribution in [1.29, 1.82) is 0 Å². The summed E-state index contributed by atoms with van der Waals surface area (Å²) in [6.07, 6.45) is 4.42. The minimum Gasteiger partial charge on any atom is -0.508 e. The van der Waals surface area contributed by atoms with Crippen LogP contribution in [0.1, 0.15) is 5.56 Å². The van der Waals surface area contributed by atoms with Gasteiger partial charge in [-0.2, -0.15) is 0 Å². The molecule has 3 heteroatoms. The van der Waals surface area contributed by atoms with Crippen molar-refractivity contribution in [2.75, 3.05) is 17.8 Å². The van der Waals surface area contributed by atoms with E-state index < -0.39 is 0 Å². The van der Waals surface area contributed by atoms with E-state index >= 15 is 0 Å². The fraction of sp³-hybridized carbons (Fsp3) is 0.200. The van der Waals surface area contributed by atoms with E-state index in [1.54, 1.807) is 6.07 Å². The normalized spacial score (nSPS) is 10.6. The standard InChI is InChI=1S/C15H17NOS/c1-18(2)15-10-6-4-8-13(15)16-11-12-7-3-5-9-14(12)17/h3-10,16H,11H2,1-2H3/p+1. The van der Waals surface area contributed by atoms with E-state index in [1.165, 1.54) is 4.90 Å². The Kier molecular flexibility index (Phi) is 4.15. The Bertz CT molecular complexity index is 525. The predicted octanol–water partition coefficient (Wildman–Crippen LogP) is 3.24. The van der Waals surface area contributed by atoms with Crippen LogP contribution in [0.5, 0.6) is 5.75 Å². The molecule has 0 bridgehead atoms. The average Bonchev–Trinajstić information content (AvgIpc) is 2.38. The second kappa shape index (κ2) is 5.83. The molecule has 0 aromatic heterocycles. The molecular weight excluding hydrogens is 242 g/mol. The Morgan fingerprint density at radius 3 is 2.39 bits per heavy atom. The second-order valence-corrected chi connectivity index (χ2v) is 6.37. The van der Waals surface area contributed by atoms with Crippen molar-refractivity contribution in [1.82, 2.24) is 0 Å². The van der Waals surface area contributed by atoms with Crippen LogP contribution in [0.2, 0.25) is 0 Å². The minimum absolute atomic E-state index is 0.221. The smallest absolute Gasteiger partial charge is 0.177 e. The quantitative estimate of drug-likeness (QED) is 0.827. The van der Waals surface area contributed by atoms with Crippen LogP contribution in [0.3, 0.4) is 0 Å². The van der Waals surface area contributed by atoms with Gasteiger partial charge in [0.2, 0.25) is 0 Å². The van der Waals surface area contributed by atoms with E-state index in [-0.39, 0.29) is 10.9 Å². The van der Waals surface area contributed by atoms with Crippen molar-refractivity contribution < 1.29 is 5.11 Å². The molecule has 2 rings (SSSR count). The number of nitrogens with one attached hydrogen (secondary N) is 1. The third-order valence-electron chi connectivity index (χ3n) is 2.79. The molecule has 0 spiro atoms. The number of benzene rings is 2. The fourth-order valence-corrected chi connectivity index (χ4v) is 2.75. The van der Waals surface area contributed by atoms with Gasteiger partial charge in [0, 0.05) is 23.0 Å². The van der Waals surface area contributed by atoms with E-state index in [2.05, 4.69) is 36.0 Å². The molecule has 0 aliphatic rings. The number of aromatic hydroxyl groups is 1. The maximum atomic E-state index is 9.73. The number of hydrogen-bond donors (Lipinski definition) is 2.